The van der Waals surface area contributed by atoms with Crippen LogP contribution in [0.15, 0.2) is 30.5 Å². The zero-order valence-electron chi connectivity index (χ0n) is 14.3. The minimum absolute atomic E-state index is 0.172. The summed E-state index contributed by atoms with van der Waals surface area (Å²) < 4.78 is 0. The lowest BCUT2D eigenvalue weighted by Crippen LogP contribution is -2.51. The Hall–Kier alpha value is -2.25. The Morgan fingerprint density at radius 1 is 0.966 bits per heavy atom. The fourth-order valence-corrected chi connectivity index (χ4v) is 4.45. The SMILES string of the molecule is O=C([O-])[C@H](Cc1c[nH]c2ccccc12)N1C(=O)c2c(Cl)c(Cl)c(Cl)c(Cl)c2C1=O. The van der Waals surface area contributed by atoms with E-state index in [-0.39, 0.29) is 37.6 Å². The molecule has 0 bridgehead atoms. The number of carboxylic acids is 1. The first-order valence-electron chi connectivity index (χ1n) is 8.23. The number of aromatic nitrogens is 1. The van der Waals surface area contributed by atoms with E-state index in [9.17, 15) is 19.5 Å². The molecule has 0 fully saturated rings. The summed E-state index contributed by atoms with van der Waals surface area (Å²) in [6, 6.07) is 5.63. The van der Waals surface area contributed by atoms with Crippen molar-refractivity contribution in [1.29, 1.82) is 0 Å². The molecule has 2 amide bonds. The van der Waals surface area contributed by atoms with Gasteiger partial charge in [0.25, 0.3) is 11.8 Å². The molecule has 0 saturated heterocycles. The van der Waals surface area contributed by atoms with Gasteiger partial charge in [0, 0.05) is 23.5 Å². The van der Waals surface area contributed by atoms with Gasteiger partial charge >= 0.3 is 0 Å². The van der Waals surface area contributed by atoms with Crippen LogP contribution in [0, 0.1) is 0 Å². The van der Waals surface area contributed by atoms with Crippen LogP contribution in [0.3, 0.4) is 0 Å². The molecule has 0 spiro atoms. The smallest absolute Gasteiger partial charge is 0.263 e. The van der Waals surface area contributed by atoms with E-state index in [2.05, 4.69) is 4.98 Å². The number of nitrogens with zero attached hydrogens (tertiary/aromatic N) is 1. The second kappa shape index (κ2) is 7.22. The zero-order chi connectivity index (χ0) is 21.0. The van der Waals surface area contributed by atoms with E-state index >= 15 is 0 Å². The van der Waals surface area contributed by atoms with Gasteiger partial charge in [-0.2, -0.15) is 0 Å². The summed E-state index contributed by atoms with van der Waals surface area (Å²) in [5, 5.41) is 11.8. The number of para-hydroxylation sites is 1. The molecule has 1 aliphatic rings. The number of aromatic amines is 1. The van der Waals surface area contributed by atoms with Crippen molar-refractivity contribution in [3.63, 3.8) is 0 Å². The van der Waals surface area contributed by atoms with E-state index < -0.39 is 23.8 Å². The van der Waals surface area contributed by atoms with Gasteiger partial charge in [-0.3, -0.25) is 14.5 Å². The van der Waals surface area contributed by atoms with Crippen LogP contribution in [0.5, 0.6) is 0 Å². The van der Waals surface area contributed by atoms with Crippen molar-refractivity contribution in [1.82, 2.24) is 9.88 Å². The van der Waals surface area contributed by atoms with Gasteiger partial charge in [0.05, 0.1) is 43.2 Å². The molecule has 3 aromatic rings. The molecular formula is C19H9Cl4N2O4-. The first-order chi connectivity index (χ1) is 13.7. The maximum absolute atomic E-state index is 12.9. The number of carbonyl (C=O) groups excluding carboxylic acids is 3. The highest BCUT2D eigenvalue weighted by atomic mass is 35.5. The molecule has 1 atom stereocenters. The standard InChI is InChI=1S/C19H10Cl4N2O4/c20-13-11-12(14(21)16(23)15(13)22)18(27)25(17(11)26)10(19(28)29)5-7-6-24-9-4-2-1-3-8(7)9/h1-4,6,10,24H,5H2,(H,28,29)/p-1/t10-/m0/s1. The van der Waals surface area contributed by atoms with Crippen molar-refractivity contribution >= 4 is 75.1 Å². The number of carbonyl (C=O) groups is 3. The van der Waals surface area contributed by atoms with Crippen molar-refractivity contribution in [3.8, 4) is 0 Å². The first kappa shape index (κ1) is 20.0. The third-order valence-corrected chi connectivity index (χ3v) is 6.61. The van der Waals surface area contributed by atoms with Crippen LogP contribution in [0.4, 0.5) is 0 Å². The molecule has 1 aromatic heterocycles. The van der Waals surface area contributed by atoms with E-state index in [0.717, 1.165) is 10.9 Å². The van der Waals surface area contributed by atoms with Crippen molar-refractivity contribution in [2.75, 3.05) is 0 Å². The van der Waals surface area contributed by atoms with Gasteiger partial charge in [-0.05, 0) is 11.6 Å². The quantitative estimate of drug-likeness (QED) is 0.357. The van der Waals surface area contributed by atoms with E-state index in [4.69, 9.17) is 46.4 Å². The van der Waals surface area contributed by atoms with Crippen molar-refractivity contribution < 1.29 is 19.5 Å². The van der Waals surface area contributed by atoms with Crippen LogP contribution in [0.2, 0.25) is 20.1 Å². The molecular weight excluding hydrogens is 462 g/mol. The lowest BCUT2D eigenvalue weighted by Gasteiger charge is -2.27. The Kier molecular flexibility index (Phi) is 4.99. The summed E-state index contributed by atoms with van der Waals surface area (Å²) in [7, 11) is 0. The third kappa shape index (κ3) is 2.99. The topological polar surface area (TPSA) is 93.3 Å². The van der Waals surface area contributed by atoms with E-state index in [1.54, 1.807) is 18.3 Å². The Bertz CT molecular complexity index is 1170. The summed E-state index contributed by atoms with van der Waals surface area (Å²) in [6.45, 7) is 0. The Balaban J connectivity index is 1.80. The number of rotatable bonds is 4. The normalized spacial score (nSPS) is 14.6. The van der Waals surface area contributed by atoms with E-state index in [1.807, 2.05) is 12.1 Å². The summed E-state index contributed by atoms with van der Waals surface area (Å²) in [5.74, 6) is -3.46. The monoisotopic (exact) mass is 469 g/mol. The fraction of sp³-hybridized carbons (Fsp3) is 0.105. The number of hydrogen-bond donors (Lipinski definition) is 1. The Morgan fingerprint density at radius 3 is 2.07 bits per heavy atom. The number of nitrogens with one attached hydrogen (secondary N) is 1. The van der Waals surface area contributed by atoms with Crippen LogP contribution in [-0.4, -0.2) is 33.7 Å². The Labute approximate surface area is 183 Å². The highest BCUT2D eigenvalue weighted by molar-refractivity contribution is 6.55. The van der Waals surface area contributed by atoms with Crippen LogP contribution in [0.1, 0.15) is 26.3 Å². The predicted molar refractivity (Wildman–Crippen MR) is 108 cm³/mol. The molecule has 29 heavy (non-hydrogen) atoms. The van der Waals surface area contributed by atoms with Gasteiger partial charge in [-0.15, -0.1) is 0 Å². The minimum Gasteiger partial charge on any atom is -0.548 e. The van der Waals surface area contributed by atoms with Gasteiger partial charge in [-0.25, -0.2) is 0 Å². The van der Waals surface area contributed by atoms with Crippen LogP contribution >= 0.6 is 46.4 Å². The number of fused-ring (bicyclic) bond motifs is 2. The minimum atomic E-state index is -1.60. The van der Waals surface area contributed by atoms with Gasteiger partial charge in [0.15, 0.2) is 0 Å². The molecule has 6 nitrogen and oxygen atoms in total. The molecule has 1 N–H and O–H groups in total. The van der Waals surface area contributed by atoms with Gasteiger partial charge in [-0.1, -0.05) is 64.6 Å². The molecule has 2 heterocycles. The molecule has 148 valence electrons. The number of halogens is 4. The summed E-state index contributed by atoms with van der Waals surface area (Å²) in [6.07, 6.45) is 1.45. The lowest BCUT2D eigenvalue weighted by atomic mass is 10.0. The Morgan fingerprint density at radius 2 is 1.52 bits per heavy atom. The highest BCUT2D eigenvalue weighted by Gasteiger charge is 2.45. The molecule has 0 aliphatic carbocycles. The van der Waals surface area contributed by atoms with Crippen LogP contribution < -0.4 is 5.11 Å². The number of amides is 2. The summed E-state index contributed by atoms with van der Waals surface area (Å²) >= 11 is 24.2. The maximum atomic E-state index is 12.9. The maximum Gasteiger partial charge on any atom is 0.263 e. The van der Waals surface area contributed by atoms with Crippen LogP contribution in [0.25, 0.3) is 10.9 Å². The molecule has 0 saturated carbocycles. The number of H-pyrrole nitrogens is 1. The number of imide groups is 1. The average Bonchev–Trinajstić information content (AvgIpc) is 3.21. The fourth-order valence-electron chi connectivity index (χ4n) is 3.44. The number of carboxylic acid groups (broad SMARTS) is 1. The first-order valence-corrected chi connectivity index (χ1v) is 9.74. The second-order valence-electron chi connectivity index (χ2n) is 6.38. The van der Waals surface area contributed by atoms with E-state index in [0.29, 0.717) is 10.5 Å². The lowest BCUT2D eigenvalue weighted by molar-refractivity contribution is -0.310. The summed E-state index contributed by atoms with van der Waals surface area (Å²) in [5.41, 5.74) is 0.828. The number of benzene rings is 2. The van der Waals surface area contributed by atoms with Gasteiger partial charge in [0.2, 0.25) is 0 Å². The second-order valence-corrected chi connectivity index (χ2v) is 7.90. The molecule has 2 aromatic carbocycles. The van der Waals surface area contributed by atoms with E-state index in [1.165, 1.54) is 0 Å². The molecule has 0 unspecified atom stereocenters. The molecule has 0 radical (unpaired) electrons. The average molecular weight is 471 g/mol. The van der Waals surface area contributed by atoms with Crippen molar-refractivity contribution in [2.45, 2.75) is 12.5 Å². The molecule has 4 rings (SSSR count). The van der Waals surface area contributed by atoms with Crippen molar-refractivity contribution in [2.24, 2.45) is 0 Å². The number of hydrogen-bond acceptors (Lipinski definition) is 4. The van der Waals surface area contributed by atoms with Gasteiger partial charge < -0.3 is 14.9 Å². The van der Waals surface area contributed by atoms with Crippen molar-refractivity contribution in [3.05, 3.63) is 67.2 Å². The third-order valence-electron chi connectivity index (χ3n) is 4.80. The van der Waals surface area contributed by atoms with Gasteiger partial charge in [0.1, 0.15) is 0 Å². The largest absolute Gasteiger partial charge is 0.548 e. The highest BCUT2D eigenvalue weighted by Crippen LogP contribution is 2.45. The summed E-state index contributed by atoms with van der Waals surface area (Å²) in [4.78, 5) is 41.4. The molecule has 10 heteroatoms. The molecule has 1 aliphatic heterocycles. The predicted octanol–water partition coefficient (Wildman–Crippen LogP) is 3.74. The number of aliphatic carboxylic acids is 1. The van der Waals surface area contributed by atoms with Crippen LogP contribution in [-0.2, 0) is 11.2 Å². The zero-order valence-corrected chi connectivity index (χ0v) is 17.3.